The fourth-order valence-corrected chi connectivity index (χ4v) is 2.90. The molecule has 1 fully saturated rings. The second kappa shape index (κ2) is 7.20. The van der Waals surface area contributed by atoms with Crippen LogP contribution in [0.3, 0.4) is 0 Å². The summed E-state index contributed by atoms with van der Waals surface area (Å²) in [7, 11) is 1.90. The molecule has 1 saturated carbocycles. The molecule has 112 valence electrons. The van der Waals surface area contributed by atoms with E-state index in [1.807, 2.05) is 30.3 Å². The van der Waals surface area contributed by atoms with Crippen molar-refractivity contribution in [1.29, 1.82) is 0 Å². The van der Waals surface area contributed by atoms with Crippen molar-refractivity contribution in [2.45, 2.75) is 38.3 Å². The number of aliphatic hydroxyl groups is 1. The van der Waals surface area contributed by atoms with Gasteiger partial charge in [-0.05, 0) is 50.6 Å². The van der Waals surface area contributed by atoms with E-state index in [4.69, 9.17) is 0 Å². The number of carbonyl (C=O) groups is 1. The van der Waals surface area contributed by atoms with E-state index in [-0.39, 0.29) is 18.1 Å². The summed E-state index contributed by atoms with van der Waals surface area (Å²) in [4.78, 5) is 15.3. The summed E-state index contributed by atoms with van der Waals surface area (Å²) in [5, 5.41) is 14.9. The molecule has 1 aliphatic carbocycles. The maximum atomic E-state index is 12.0. The highest BCUT2D eigenvalue weighted by Gasteiger charge is 2.31. The van der Waals surface area contributed by atoms with Crippen molar-refractivity contribution in [1.82, 2.24) is 10.2 Å². The molecule has 1 amide bonds. The Balaban J connectivity index is 1.67. The van der Waals surface area contributed by atoms with Gasteiger partial charge in [-0.15, -0.1) is 11.3 Å². The lowest BCUT2D eigenvalue weighted by Crippen LogP contribution is -2.46. The van der Waals surface area contributed by atoms with Gasteiger partial charge in [0.1, 0.15) is 0 Å². The Morgan fingerprint density at radius 1 is 1.60 bits per heavy atom. The van der Waals surface area contributed by atoms with Crippen molar-refractivity contribution < 1.29 is 9.90 Å². The van der Waals surface area contributed by atoms with E-state index < -0.39 is 0 Å². The largest absolute Gasteiger partial charge is 0.392 e. The van der Waals surface area contributed by atoms with Crippen LogP contribution >= 0.6 is 11.3 Å². The first-order chi connectivity index (χ1) is 9.58. The minimum Gasteiger partial charge on any atom is -0.392 e. The lowest BCUT2D eigenvalue weighted by molar-refractivity contribution is -0.125. The third-order valence-electron chi connectivity index (χ3n) is 3.93. The monoisotopic (exact) mass is 296 g/mol. The van der Waals surface area contributed by atoms with Crippen LogP contribution in [0, 0.1) is 5.92 Å². The Morgan fingerprint density at radius 2 is 2.35 bits per heavy atom. The Hall–Kier alpha value is -0.910. The second-order valence-corrected chi connectivity index (χ2v) is 6.67. The zero-order valence-electron chi connectivity index (χ0n) is 12.2. The summed E-state index contributed by atoms with van der Waals surface area (Å²) in [5.74, 6) is 0.485. The minimum atomic E-state index is -0.290. The molecule has 1 aromatic rings. The number of hydrogen-bond acceptors (Lipinski definition) is 4. The Bertz CT molecular complexity index is 418. The smallest absolute Gasteiger partial charge is 0.237 e. The van der Waals surface area contributed by atoms with Crippen molar-refractivity contribution >= 4 is 17.2 Å². The Morgan fingerprint density at radius 3 is 2.95 bits per heavy atom. The van der Waals surface area contributed by atoms with Crippen molar-refractivity contribution in [2.24, 2.45) is 5.92 Å². The van der Waals surface area contributed by atoms with E-state index in [1.165, 1.54) is 4.88 Å². The van der Waals surface area contributed by atoms with Crippen LogP contribution in [-0.4, -0.2) is 48.2 Å². The molecule has 20 heavy (non-hydrogen) atoms. The SMILES string of the molecule is CC(C(=O)NCCc1cccs1)N(C)CC(O)C1CC1. The number of likely N-dealkylation sites (N-methyl/N-ethyl adjacent to an activating group) is 1. The molecule has 2 atom stereocenters. The Kier molecular flexibility index (Phi) is 5.57. The molecule has 1 heterocycles. The first kappa shape index (κ1) is 15.5. The molecule has 2 rings (SSSR count). The first-order valence-electron chi connectivity index (χ1n) is 7.26. The lowest BCUT2D eigenvalue weighted by atomic mass is 10.2. The lowest BCUT2D eigenvalue weighted by Gasteiger charge is -2.26. The van der Waals surface area contributed by atoms with Gasteiger partial charge in [0.2, 0.25) is 5.91 Å². The predicted molar refractivity (Wildman–Crippen MR) is 81.9 cm³/mol. The summed E-state index contributed by atoms with van der Waals surface area (Å²) < 4.78 is 0. The second-order valence-electron chi connectivity index (χ2n) is 5.64. The molecular formula is C15H24N2O2S. The molecule has 1 aliphatic rings. The summed E-state index contributed by atoms with van der Waals surface area (Å²) in [5.41, 5.74) is 0. The summed E-state index contributed by atoms with van der Waals surface area (Å²) in [6, 6.07) is 3.90. The number of aliphatic hydroxyl groups excluding tert-OH is 1. The molecule has 5 heteroatoms. The average molecular weight is 296 g/mol. The molecule has 0 bridgehead atoms. The molecule has 2 unspecified atom stereocenters. The van der Waals surface area contributed by atoms with E-state index in [1.54, 1.807) is 11.3 Å². The Labute approximate surface area is 124 Å². The van der Waals surface area contributed by atoms with Gasteiger partial charge in [0.05, 0.1) is 12.1 Å². The third kappa shape index (κ3) is 4.58. The molecule has 0 aromatic carbocycles. The van der Waals surface area contributed by atoms with Gasteiger partial charge in [0, 0.05) is 18.0 Å². The average Bonchev–Trinajstić information content (AvgIpc) is 3.16. The molecule has 0 spiro atoms. The zero-order chi connectivity index (χ0) is 14.5. The van der Waals surface area contributed by atoms with Crippen LogP contribution in [-0.2, 0) is 11.2 Å². The van der Waals surface area contributed by atoms with Gasteiger partial charge in [-0.3, -0.25) is 9.69 Å². The van der Waals surface area contributed by atoms with Gasteiger partial charge >= 0.3 is 0 Å². The molecule has 0 saturated heterocycles. The van der Waals surface area contributed by atoms with Crippen molar-refractivity contribution in [3.63, 3.8) is 0 Å². The van der Waals surface area contributed by atoms with Crippen LogP contribution in [0.1, 0.15) is 24.6 Å². The van der Waals surface area contributed by atoms with Crippen LogP contribution in [0.15, 0.2) is 17.5 Å². The first-order valence-corrected chi connectivity index (χ1v) is 8.14. The van der Waals surface area contributed by atoms with Gasteiger partial charge in [-0.25, -0.2) is 0 Å². The van der Waals surface area contributed by atoms with Crippen molar-refractivity contribution in [3.8, 4) is 0 Å². The normalized spacial score (nSPS) is 18.0. The fraction of sp³-hybridized carbons (Fsp3) is 0.667. The number of nitrogens with zero attached hydrogens (tertiary/aromatic N) is 1. The van der Waals surface area contributed by atoms with E-state index in [2.05, 4.69) is 11.4 Å². The quantitative estimate of drug-likeness (QED) is 0.764. The van der Waals surface area contributed by atoms with E-state index in [9.17, 15) is 9.90 Å². The highest BCUT2D eigenvalue weighted by molar-refractivity contribution is 7.09. The molecule has 2 N–H and O–H groups in total. The molecule has 1 aromatic heterocycles. The van der Waals surface area contributed by atoms with Crippen molar-refractivity contribution in [2.75, 3.05) is 20.1 Å². The highest BCUT2D eigenvalue weighted by Crippen LogP contribution is 2.32. The minimum absolute atomic E-state index is 0.0343. The zero-order valence-corrected chi connectivity index (χ0v) is 13.0. The van der Waals surface area contributed by atoms with Crippen molar-refractivity contribution in [3.05, 3.63) is 22.4 Å². The van der Waals surface area contributed by atoms with E-state index in [0.29, 0.717) is 19.0 Å². The summed E-state index contributed by atoms with van der Waals surface area (Å²) in [6.07, 6.45) is 2.83. The van der Waals surface area contributed by atoms with Gasteiger partial charge in [-0.2, -0.15) is 0 Å². The summed E-state index contributed by atoms with van der Waals surface area (Å²) in [6.45, 7) is 3.13. The third-order valence-corrected chi connectivity index (χ3v) is 4.87. The standard InChI is InChI=1S/C15H24N2O2S/c1-11(17(2)10-14(18)12-5-6-12)15(19)16-8-7-13-4-3-9-20-13/h3-4,9,11-12,14,18H,5-8,10H2,1-2H3,(H,16,19). The number of rotatable bonds is 8. The van der Waals surface area contributed by atoms with Crippen LogP contribution in [0.5, 0.6) is 0 Å². The predicted octanol–water partition coefficient (Wildman–Crippen LogP) is 1.50. The number of amides is 1. The number of carbonyl (C=O) groups excluding carboxylic acids is 1. The topological polar surface area (TPSA) is 52.6 Å². The van der Waals surface area contributed by atoms with E-state index in [0.717, 1.165) is 19.3 Å². The van der Waals surface area contributed by atoms with Gasteiger partial charge < -0.3 is 10.4 Å². The van der Waals surface area contributed by atoms with Crippen LogP contribution in [0.4, 0.5) is 0 Å². The van der Waals surface area contributed by atoms with Crippen LogP contribution in [0.25, 0.3) is 0 Å². The van der Waals surface area contributed by atoms with Gasteiger partial charge in [0.15, 0.2) is 0 Å². The van der Waals surface area contributed by atoms with Crippen LogP contribution in [0.2, 0.25) is 0 Å². The van der Waals surface area contributed by atoms with Gasteiger partial charge in [-0.1, -0.05) is 6.07 Å². The molecule has 0 radical (unpaired) electrons. The number of thiophene rings is 1. The summed E-state index contributed by atoms with van der Waals surface area (Å²) >= 11 is 1.71. The molecule has 0 aliphatic heterocycles. The highest BCUT2D eigenvalue weighted by atomic mass is 32.1. The fourth-order valence-electron chi connectivity index (χ4n) is 2.19. The maximum Gasteiger partial charge on any atom is 0.237 e. The van der Waals surface area contributed by atoms with Gasteiger partial charge in [0.25, 0.3) is 0 Å². The van der Waals surface area contributed by atoms with Crippen LogP contribution < -0.4 is 5.32 Å². The number of nitrogens with one attached hydrogen (secondary N) is 1. The molecule has 4 nitrogen and oxygen atoms in total. The molecular weight excluding hydrogens is 272 g/mol. The maximum absolute atomic E-state index is 12.0. The van der Waals surface area contributed by atoms with E-state index >= 15 is 0 Å². The number of hydrogen-bond donors (Lipinski definition) is 2.